The van der Waals surface area contributed by atoms with Crippen molar-refractivity contribution < 1.29 is 33.7 Å². The SMILES string of the molecule is C=CCN(C(=O)[C@H]1N(CCCO)C(=O)[C@@H]2[C@@H](C(=O)OCC)[C@H]3CC[C@]21O3)c1ccc(OC)cc1. The molecule has 184 valence electrons. The minimum Gasteiger partial charge on any atom is -0.497 e. The van der Waals surface area contributed by atoms with E-state index in [0.717, 1.165) is 0 Å². The Morgan fingerprint density at radius 2 is 2.09 bits per heavy atom. The van der Waals surface area contributed by atoms with Gasteiger partial charge in [-0.3, -0.25) is 14.4 Å². The Morgan fingerprint density at radius 3 is 2.71 bits per heavy atom. The van der Waals surface area contributed by atoms with Crippen LogP contribution in [0.25, 0.3) is 0 Å². The predicted octanol–water partition coefficient (Wildman–Crippen LogP) is 1.53. The van der Waals surface area contributed by atoms with E-state index in [1.165, 1.54) is 4.90 Å². The highest BCUT2D eigenvalue weighted by Crippen LogP contribution is 2.58. The standard InChI is InChI=1S/C25H32N2O7/c1-4-13-26(16-7-9-17(32-3)10-8-16)23(30)21-25-12-11-18(34-25)19(24(31)33-5-2)20(25)22(29)27(21)14-6-15-28/h4,7-10,18-21,28H,1,5-6,11-15H2,2-3H3/t18-,19+,20+,21-,25+/m1/s1. The number of hydrogen-bond donors (Lipinski definition) is 1. The molecule has 1 aromatic rings. The van der Waals surface area contributed by atoms with Crippen molar-refractivity contribution in [3.05, 3.63) is 36.9 Å². The van der Waals surface area contributed by atoms with Crippen molar-refractivity contribution in [2.24, 2.45) is 11.8 Å². The van der Waals surface area contributed by atoms with Crippen LogP contribution in [0.15, 0.2) is 36.9 Å². The maximum absolute atomic E-state index is 14.1. The molecule has 1 spiro atoms. The van der Waals surface area contributed by atoms with Crippen molar-refractivity contribution in [3.8, 4) is 5.75 Å². The number of amides is 2. The fourth-order valence-electron chi connectivity index (χ4n) is 5.78. The van der Waals surface area contributed by atoms with Gasteiger partial charge in [0.15, 0.2) is 0 Å². The molecule has 0 aromatic heterocycles. The molecule has 9 heteroatoms. The van der Waals surface area contributed by atoms with E-state index in [9.17, 15) is 19.5 Å². The zero-order valence-electron chi connectivity index (χ0n) is 19.6. The lowest BCUT2D eigenvalue weighted by molar-refractivity contribution is -0.154. The van der Waals surface area contributed by atoms with Crippen LogP contribution >= 0.6 is 0 Å². The number of rotatable bonds is 10. The molecule has 3 saturated heterocycles. The minimum absolute atomic E-state index is 0.123. The Morgan fingerprint density at radius 1 is 1.35 bits per heavy atom. The molecule has 3 heterocycles. The summed E-state index contributed by atoms with van der Waals surface area (Å²) in [5.74, 6) is -1.90. The Balaban J connectivity index is 1.74. The largest absolute Gasteiger partial charge is 0.497 e. The highest BCUT2D eigenvalue weighted by Gasteiger charge is 2.75. The van der Waals surface area contributed by atoms with E-state index in [0.29, 0.717) is 30.7 Å². The first-order valence-corrected chi connectivity index (χ1v) is 11.8. The third kappa shape index (κ3) is 3.76. The molecular formula is C25H32N2O7. The number of ether oxygens (including phenoxy) is 3. The van der Waals surface area contributed by atoms with Gasteiger partial charge in [-0.2, -0.15) is 0 Å². The van der Waals surface area contributed by atoms with Crippen molar-refractivity contribution in [1.29, 1.82) is 0 Å². The van der Waals surface area contributed by atoms with Crippen molar-refractivity contribution in [2.75, 3.05) is 38.3 Å². The fourth-order valence-corrected chi connectivity index (χ4v) is 5.78. The molecule has 0 saturated carbocycles. The quantitative estimate of drug-likeness (QED) is 0.407. The monoisotopic (exact) mass is 472 g/mol. The van der Waals surface area contributed by atoms with E-state index in [2.05, 4.69) is 6.58 Å². The number of hydrogen-bond acceptors (Lipinski definition) is 7. The molecule has 0 unspecified atom stereocenters. The van der Waals surface area contributed by atoms with Gasteiger partial charge in [0.25, 0.3) is 5.91 Å². The van der Waals surface area contributed by atoms with Gasteiger partial charge in [-0.15, -0.1) is 6.58 Å². The van der Waals surface area contributed by atoms with E-state index in [-0.39, 0.29) is 38.1 Å². The van der Waals surface area contributed by atoms with Gasteiger partial charge in [-0.1, -0.05) is 6.08 Å². The normalized spacial score (nSPS) is 29.1. The second-order valence-corrected chi connectivity index (χ2v) is 8.85. The van der Waals surface area contributed by atoms with Crippen LogP contribution < -0.4 is 9.64 Å². The molecule has 3 aliphatic heterocycles. The molecule has 0 radical (unpaired) electrons. The predicted molar refractivity (Wildman–Crippen MR) is 123 cm³/mol. The number of benzene rings is 1. The van der Waals surface area contributed by atoms with Crippen LogP contribution in [-0.4, -0.2) is 79.0 Å². The van der Waals surface area contributed by atoms with Gasteiger partial charge in [-0.25, -0.2) is 0 Å². The van der Waals surface area contributed by atoms with Crippen molar-refractivity contribution in [3.63, 3.8) is 0 Å². The molecule has 2 bridgehead atoms. The van der Waals surface area contributed by atoms with Gasteiger partial charge in [-0.05, 0) is 50.5 Å². The number of carbonyl (C=O) groups is 3. The molecule has 34 heavy (non-hydrogen) atoms. The number of nitrogens with zero attached hydrogens (tertiary/aromatic N) is 2. The number of aliphatic hydroxyl groups excluding tert-OH is 1. The lowest BCUT2D eigenvalue weighted by Crippen LogP contribution is -2.56. The molecule has 9 nitrogen and oxygen atoms in total. The first kappa shape index (κ1) is 24.2. The Hall–Kier alpha value is -2.91. The summed E-state index contributed by atoms with van der Waals surface area (Å²) in [6.45, 7) is 6.02. The van der Waals surface area contributed by atoms with Crippen molar-refractivity contribution in [1.82, 2.24) is 4.90 Å². The summed E-state index contributed by atoms with van der Waals surface area (Å²) < 4.78 is 16.9. The number of anilines is 1. The average molecular weight is 473 g/mol. The van der Waals surface area contributed by atoms with Crippen LogP contribution in [0.4, 0.5) is 5.69 Å². The van der Waals surface area contributed by atoms with Crippen LogP contribution in [0, 0.1) is 11.8 Å². The van der Waals surface area contributed by atoms with Gasteiger partial charge in [0.2, 0.25) is 5.91 Å². The van der Waals surface area contributed by atoms with Gasteiger partial charge < -0.3 is 29.1 Å². The zero-order valence-corrected chi connectivity index (χ0v) is 19.6. The second-order valence-electron chi connectivity index (χ2n) is 8.85. The lowest BCUT2D eigenvalue weighted by atomic mass is 9.70. The molecule has 1 N–H and O–H groups in total. The second kappa shape index (κ2) is 9.76. The highest BCUT2D eigenvalue weighted by molar-refractivity contribution is 6.04. The lowest BCUT2D eigenvalue weighted by Gasteiger charge is -2.36. The van der Waals surface area contributed by atoms with Crippen molar-refractivity contribution in [2.45, 2.75) is 43.9 Å². The van der Waals surface area contributed by atoms with Crippen LogP contribution in [-0.2, 0) is 23.9 Å². The molecule has 5 atom stereocenters. The number of methoxy groups -OCH3 is 1. The third-order valence-electron chi connectivity index (χ3n) is 7.11. The summed E-state index contributed by atoms with van der Waals surface area (Å²) in [7, 11) is 1.57. The zero-order chi connectivity index (χ0) is 24.5. The Bertz CT molecular complexity index is 949. The van der Waals surface area contributed by atoms with Gasteiger partial charge in [0.05, 0.1) is 31.7 Å². The van der Waals surface area contributed by atoms with Crippen LogP contribution in [0.2, 0.25) is 0 Å². The van der Waals surface area contributed by atoms with Gasteiger partial charge >= 0.3 is 5.97 Å². The fraction of sp³-hybridized carbons (Fsp3) is 0.560. The van der Waals surface area contributed by atoms with E-state index in [1.807, 2.05) is 0 Å². The topological polar surface area (TPSA) is 106 Å². The number of carbonyl (C=O) groups excluding carboxylic acids is 3. The molecular weight excluding hydrogens is 440 g/mol. The van der Waals surface area contributed by atoms with Crippen LogP contribution in [0.3, 0.4) is 0 Å². The summed E-state index contributed by atoms with van der Waals surface area (Å²) in [5, 5.41) is 9.44. The van der Waals surface area contributed by atoms with Gasteiger partial charge in [0, 0.05) is 25.4 Å². The first-order chi connectivity index (χ1) is 16.4. The summed E-state index contributed by atoms with van der Waals surface area (Å²) in [5.41, 5.74) is -0.466. The first-order valence-electron chi connectivity index (χ1n) is 11.8. The molecule has 2 amide bonds. The average Bonchev–Trinajstić information content (AvgIpc) is 3.48. The van der Waals surface area contributed by atoms with E-state index < -0.39 is 35.6 Å². The highest BCUT2D eigenvalue weighted by atomic mass is 16.6. The van der Waals surface area contributed by atoms with E-state index in [1.54, 1.807) is 49.3 Å². The number of aliphatic hydroxyl groups is 1. The summed E-state index contributed by atoms with van der Waals surface area (Å²) in [6, 6.07) is 6.16. The van der Waals surface area contributed by atoms with Crippen LogP contribution in [0.5, 0.6) is 5.75 Å². The summed E-state index contributed by atoms with van der Waals surface area (Å²) in [4.78, 5) is 43.7. The molecule has 3 fully saturated rings. The summed E-state index contributed by atoms with van der Waals surface area (Å²) in [6.07, 6.45) is 2.57. The van der Waals surface area contributed by atoms with Crippen molar-refractivity contribution >= 4 is 23.5 Å². The smallest absolute Gasteiger partial charge is 0.312 e. The summed E-state index contributed by atoms with van der Waals surface area (Å²) >= 11 is 0. The molecule has 0 aliphatic carbocycles. The number of fused-ring (bicyclic) bond motifs is 1. The number of esters is 1. The molecule has 3 aliphatic rings. The van der Waals surface area contributed by atoms with Gasteiger partial charge in [0.1, 0.15) is 17.4 Å². The van der Waals surface area contributed by atoms with E-state index >= 15 is 0 Å². The minimum atomic E-state index is -1.10. The maximum atomic E-state index is 14.1. The van der Waals surface area contributed by atoms with Crippen LogP contribution in [0.1, 0.15) is 26.2 Å². The maximum Gasteiger partial charge on any atom is 0.312 e. The number of likely N-dealkylation sites (tertiary alicyclic amines) is 1. The Labute approximate surface area is 199 Å². The third-order valence-corrected chi connectivity index (χ3v) is 7.11. The molecule has 4 rings (SSSR count). The van der Waals surface area contributed by atoms with E-state index in [4.69, 9.17) is 14.2 Å². The molecule has 1 aromatic carbocycles. The Kier molecular flexibility index (Phi) is 6.95.